The van der Waals surface area contributed by atoms with Gasteiger partial charge < -0.3 is 10.3 Å². The molecule has 3 nitrogen and oxygen atoms in total. The predicted molar refractivity (Wildman–Crippen MR) is 104 cm³/mol. The van der Waals surface area contributed by atoms with Gasteiger partial charge in [-0.1, -0.05) is 30.3 Å². The zero-order valence-electron chi connectivity index (χ0n) is 15.2. The topological polar surface area (TPSA) is 34.2 Å². The van der Waals surface area contributed by atoms with Crippen LogP contribution in [0.2, 0.25) is 0 Å². The first-order chi connectivity index (χ1) is 12.1. The second kappa shape index (κ2) is 6.66. The van der Waals surface area contributed by atoms with Crippen LogP contribution in [0, 0.1) is 0 Å². The maximum absolute atomic E-state index is 5.96. The Balaban J connectivity index is 1.59. The van der Waals surface area contributed by atoms with Crippen LogP contribution in [0.15, 0.2) is 48.7 Å². The molecule has 0 bridgehead atoms. The number of nitrogens with two attached hydrogens (primary N) is 1. The van der Waals surface area contributed by atoms with Crippen molar-refractivity contribution in [3.8, 4) is 0 Å². The average Bonchev–Trinajstić information content (AvgIpc) is 3.12. The van der Waals surface area contributed by atoms with Crippen LogP contribution in [0.25, 0.3) is 10.9 Å². The lowest BCUT2D eigenvalue weighted by Crippen LogP contribution is -2.15. The van der Waals surface area contributed by atoms with Crippen molar-refractivity contribution in [1.29, 1.82) is 0 Å². The molecular weight excluding hydrogens is 306 g/mol. The monoisotopic (exact) mass is 333 g/mol. The van der Waals surface area contributed by atoms with Crippen LogP contribution in [-0.2, 0) is 33.1 Å². The summed E-state index contributed by atoms with van der Waals surface area (Å²) in [5, 5.41) is 1.41. The quantitative estimate of drug-likeness (QED) is 0.766. The summed E-state index contributed by atoms with van der Waals surface area (Å²) in [5.74, 6) is 0. The first-order valence-electron chi connectivity index (χ1n) is 9.21. The highest BCUT2D eigenvalue weighted by molar-refractivity contribution is 5.85. The van der Waals surface area contributed by atoms with Crippen LogP contribution >= 0.6 is 0 Å². The summed E-state index contributed by atoms with van der Waals surface area (Å²) in [6.45, 7) is 5.19. The van der Waals surface area contributed by atoms with E-state index in [0.717, 1.165) is 32.5 Å². The number of benzene rings is 2. The predicted octanol–water partition coefficient (Wildman–Crippen LogP) is 3.97. The van der Waals surface area contributed by atoms with Gasteiger partial charge in [0.25, 0.3) is 0 Å². The van der Waals surface area contributed by atoms with E-state index in [9.17, 15) is 0 Å². The fourth-order valence-corrected chi connectivity index (χ4v) is 3.97. The van der Waals surface area contributed by atoms with Crippen molar-refractivity contribution in [2.24, 2.45) is 12.8 Å². The third-order valence-electron chi connectivity index (χ3n) is 5.30. The molecule has 2 aromatic carbocycles. The van der Waals surface area contributed by atoms with Gasteiger partial charge in [-0.25, -0.2) is 0 Å². The molecule has 1 unspecified atom stereocenters. The first kappa shape index (κ1) is 16.4. The summed E-state index contributed by atoms with van der Waals surface area (Å²) in [6.07, 6.45) is 4.38. The van der Waals surface area contributed by atoms with Gasteiger partial charge in [-0.2, -0.15) is 0 Å². The van der Waals surface area contributed by atoms with Crippen LogP contribution in [0.4, 0.5) is 0 Å². The van der Waals surface area contributed by atoms with Gasteiger partial charge in [0.1, 0.15) is 0 Å². The number of aryl methyl sites for hydroxylation is 2. The van der Waals surface area contributed by atoms with Crippen LogP contribution in [-0.4, -0.2) is 15.5 Å². The summed E-state index contributed by atoms with van der Waals surface area (Å²) in [4.78, 5) is 2.53. The molecule has 0 aliphatic carbocycles. The fraction of sp³-hybridized carbons (Fsp3) is 0.364. The SMILES string of the molecule is CC(N)CCc1cn(C)c2cc3c(cc12)CN(Cc1ccccc1)C3. The Kier molecular flexibility index (Phi) is 4.36. The highest BCUT2D eigenvalue weighted by atomic mass is 15.1. The number of aromatic nitrogens is 1. The van der Waals surface area contributed by atoms with Crippen molar-refractivity contribution >= 4 is 10.9 Å². The van der Waals surface area contributed by atoms with Crippen molar-refractivity contribution in [1.82, 2.24) is 9.47 Å². The molecule has 3 heteroatoms. The molecule has 1 aliphatic heterocycles. The summed E-state index contributed by atoms with van der Waals surface area (Å²) < 4.78 is 2.27. The Labute approximate surface area is 150 Å². The molecule has 2 N–H and O–H groups in total. The number of hydrogen-bond donors (Lipinski definition) is 1. The summed E-state index contributed by atoms with van der Waals surface area (Å²) in [7, 11) is 2.15. The van der Waals surface area contributed by atoms with E-state index in [1.54, 1.807) is 0 Å². The third-order valence-corrected chi connectivity index (χ3v) is 5.30. The van der Waals surface area contributed by atoms with Crippen molar-refractivity contribution in [3.63, 3.8) is 0 Å². The minimum absolute atomic E-state index is 0.256. The summed E-state index contributed by atoms with van der Waals surface area (Å²) >= 11 is 0. The molecule has 1 aromatic heterocycles. The molecular formula is C22H27N3. The molecule has 0 spiro atoms. The fourth-order valence-electron chi connectivity index (χ4n) is 3.97. The lowest BCUT2D eigenvalue weighted by atomic mass is 10.0. The van der Waals surface area contributed by atoms with E-state index in [-0.39, 0.29) is 6.04 Å². The second-order valence-electron chi connectivity index (χ2n) is 7.55. The Morgan fingerprint density at radius 3 is 2.52 bits per heavy atom. The largest absolute Gasteiger partial charge is 0.350 e. The van der Waals surface area contributed by atoms with Crippen molar-refractivity contribution in [2.75, 3.05) is 0 Å². The Morgan fingerprint density at radius 1 is 1.08 bits per heavy atom. The van der Waals surface area contributed by atoms with E-state index >= 15 is 0 Å². The molecule has 0 amide bonds. The van der Waals surface area contributed by atoms with Crippen LogP contribution in [0.5, 0.6) is 0 Å². The smallest absolute Gasteiger partial charge is 0.0484 e. The average molecular weight is 333 g/mol. The molecule has 130 valence electrons. The summed E-state index contributed by atoms with van der Waals surface area (Å²) in [5.41, 5.74) is 13.1. The zero-order valence-corrected chi connectivity index (χ0v) is 15.2. The molecule has 0 radical (unpaired) electrons. The van der Waals surface area contributed by atoms with Gasteiger partial charge >= 0.3 is 0 Å². The number of nitrogens with zero attached hydrogens (tertiary/aromatic N) is 2. The highest BCUT2D eigenvalue weighted by Crippen LogP contribution is 2.31. The zero-order chi connectivity index (χ0) is 17.4. The maximum atomic E-state index is 5.96. The highest BCUT2D eigenvalue weighted by Gasteiger charge is 2.21. The Hall–Kier alpha value is -2.10. The van der Waals surface area contributed by atoms with Gasteiger partial charge in [0.05, 0.1) is 0 Å². The number of fused-ring (bicyclic) bond motifs is 2. The van der Waals surface area contributed by atoms with E-state index in [1.165, 1.54) is 33.2 Å². The molecule has 3 aromatic rings. The standard InChI is InChI=1S/C22H27N3/c1-16(23)8-9-18-13-24(2)22-11-20-15-25(14-19(20)10-21(18)22)12-17-6-4-3-5-7-17/h3-7,10-11,13,16H,8-9,12,14-15,23H2,1-2H3. The molecule has 0 saturated carbocycles. The molecule has 25 heavy (non-hydrogen) atoms. The van der Waals surface area contributed by atoms with Crippen LogP contribution in [0.1, 0.15) is 35.6 Å². The lowest BCUT2D eigenvalue weighted by molar-refractivity contribution is 0.275. The molecule has 4 rings (SSSR count). The van der Waals surface area contributed by atoms with Crippen molar-refractivity contribution < 1.29 is 0 Å². The normalized spacial score (nSPS) is 15.6. The minimum atomic E-state index is 0.256. The van der Waals surface area contributed by atoms with Crippen LogP contribution in [0.3, 0.4) is 0 Å². The van der Waals surface area contributed by atoms with Crippen LogP contribution < -0.4 is 5.73 Å². The number of rotatable bonds is 5. The number of hydrogen-bond acceptors (Lipinski definition) is 2. The molecule has 0 fully saturated rings. The Morgan fingerprint density at radius 2 is 1.80 bits per heavy atom. The minimum Gasteiger partial charge on any atom is -0.350 e. The molecule has 0 saturated heterocycles. The maximum Gasteiger partial charge on any atom is 0.0484 e. The van der Waals surface area contributed by atoms with E-state index in [0.29, 0.717) is 0 Å². The van der Waals surface area contributed by atoms with E-state index in [1.807, 2.05) is 0 Å². The summed E-state index contributed by atoms with van der Waals surface area (Å²) in [6, 6.07) is 15.8. The molecule has 1 atom stereocenters. The molecule has 1 aliphatic rings. The van der Waals surface area contributed by atoms with Crippen molar-refractivity contribution in [2.45, 2.75) is 45.4 Å². The van der Waals surface area contributed by atoms with Gasteiger partial charge in [0, 0.05) is 49.8 Å². The van der Waals surface area contributed by atoms with Gasteiger partial charge in [-0.3, -0.25) is 4.90 Å². The van der Waals surface area contributed by atoms with Crippen molar-refractivity contribution in [3.05, 3.63) is 70.9 Å². The van der Waals surface area contributed by atoms with Gasteiger partial charge in [-0.05, 0) is 54.2 Å². The first-order valence-corrected chi connectivity index (χ1v) is 9.21. The second-order valence-corrected chi connectivity index (χ2v) is 7.55. The molecule has 2 heterocycles. The van der Waals surface area contributed by atoms with E-state index < -0.39 is 0 Å². The van der Waals surface area contributed by atoms with Gasteiger partial charge in [0.15, 0.2) is 0 Å². The third kappa shape index (κ3) is 3.35. The van der Waals surface area contributed by atoms with E-state index in [4.69, 9.17) is 5.73 Å². The van der Waals surface area contributed by atoms with Gasteiger partial charge in [-0.15, -0.1) is 0 Å². The Bertz CT molecular complexity index is 877. The van der Waals surface area contributed by atoms with E-state index in [2.05, 4.69) is 72.1 Å². The van der Waals surface area contributed by atoms with Gasteiger partial charge in [0.2, 0.25) is 0 Å². The lowest BCUT2D eigenvalue weighted by Gasteiger charge is -2.14.